The molecule has 3 N–H and O–H groups in total. The van der Waals surface area contributed by atoms with Crippen LogP contribution < -0.4 is 5.32 Å². The Morgan fingerprint density at radius 2 is 1.65 bits per heavy atom. The van der Waals surface area contributed by atoms with Gasteiger partial charge in [0.1, 0.15) is 0 Å². The molecule has 0 saturated carbocycles. The van der Waals surface area contributed by atoms with Crippen LogP contribution in [-0.4, -0.2) is 33.6 Å². The number of amides is 1. The number of carboxylic acid groups (broad SMARTS) is 2. The van der Waals surface area contributed by atoms with E-state index in [0.717, 1.165) is 12.5 Å². The van der Waals surface area contributed by atoms with Crippen LogP contribution in [-0.2, 0) is 20.8 Å². The summed E-state index contributed by atoms with van der Waals surface area (Å²) in [6.45, 7) is 1.10. The van der Waals surface area contributed by atoms with Gasteiger partial charge < -0.3 is 15.5 Å². The van der Waals surface area contributed by atoms with E-state index in [-0.39, 0.29) is 6.42 Å². The van der Waals surface area contributed by atoms with Crippen LogP contribution in [0, 0.1) is 0 Å². The van der Waals surface area contributed by atoms with Crippen molar-refractivity contribution in [2.75, 3.05) is 0 Å². The van der Waals surface area contributed by atoms with E-state index in [4.69, 9.17) is 10.2 Å². The Labute approximate surface area is 116 Å². The van der Waals surface area contributed by atoms with Gasteiger partial charge in [-0.15, -0.1) is 0 Å². The average Bonchev–Trinajstić information content (AvgIpc) is 2.37. The van der Waals surface area contributed by atoms with Crippen molar-refractivity contribution in [3.8, 4) is 0 Å². The molecule has 1 aromatic carbocycles. The Morgan fingerprint density at radius 1 is 1.10 bits per heavy atom. The van der Waals surface area contributed by atoms with Crippen LogP contribution in [0.3, 0.4) is 0 Å². The zero-order chi connectivity index (χ0) is 15.2. The fraction of sp³-hybridized carbons (Fsp3) is 0.357. The Bertz CT molecular complexity index is 484. The molecule has 108 valence electrons. The van der Waals surface area contributed by atoms with Gasteiger partial charge in [-0.25, -0.2) is 9.59 Å². The van der Waals surface area contributed by atoms with Crippen molar-refractivity contribution in [1.29, 1.82) is 0 Å². The number of benzene rings is 1. The van der Waals surface area contributed by atoms with E-state index < -0.39 is 23.4 Å². The van der Waals surface area contributed by atoms with Gasteiger partial charge in [0.05, 0.1) is 0 Å². The lowest BCUT2D eigenvalue weighted by Gasteiger charge is -2.25. The second kappa shape index (κ2) is 6.70. The molecule has 0 aliphatic rings. The quantitative estimate of drug-likeness (QED) is 0.647. The third-order valence-electron chi connectivity index (χ3n) is 2.98. The van der Waals surface area contributed by atoms with E-state index in [1.54, 1.807) is 0 Å². The molecule has 0 unspecified atom stereocenters. The summed E-state index contributed by atoms with van der Waals surface area (Å²) < 4.78 is 0. The number of carbonyl (C=O) groups is 3. The second-order valence-corrected chi connectivity index (χ2v) is 4.54. The van der Waals surface area contributed by atoms with Gasteiger partial charge in [0.15, 0.2) is 0 Å². The zero-order valence-electron chi connectivity index (χ0n) is 11.1. The Kier molecular flexibility index (Phi) is 5.25. The highest BCUT2D eigenvalue weighted by Crippen LogP contribution is 2.17. The SMILES string of the molecule is CC(=O)NC(CCCc1ccccc1)(C(=O)O)C(=O)O. The van der Waals surface area contributed by atoms with Crippen molar-refractivity contribution in [3.63, 3.8) is 0 Å². The molecule has 0 bridgehead atoms. The summed E-state index contributed by atoms with van der Waals surface area (Å²) in [6, 6.07) is 9.32. The Balaban J connectivity index is 2.77. The smallest absolute Gasteiger partial charge is 0.341 e. The number of hydrogen-bond acceptors (Lipinski definition) is 3. The van der Waals surface area contributed by atoms with Gasteiger partial charge in [0.25, 0.3) is 0 Å². The molecule has 1 rings (SSSR count). The summed E-state index contributed by atoms with van der Waals surface area (Å²) >= 11 is 0. The summed E-state index contributed by atoms with van der Waals surface area (Å²) in [4.78, 5) is 33.6. The Hall–Kier alpha value is -2.37. The van der Waals surface area contributed by atoms with Crippen LogP contribution in [0.1, 0.15) is 25.3 Å². The van der Waals surface area contributed by atoms with E-state index in [0.29, 0.717) is 12.8 Å². The van der Waals surface area contributed by atoms with Crippen LogP contribution in [0.2, 0.25) is 0 Å². The minimum absolute atomic E-state index is 0.174. The molecule has 0 fully saturated rings. The van der Waals surface area contributed by atoms with Crippen molar-refractivity contribution in [2.24, 2.45) is 0 Å². The van der Waals surface area contributed by atoms with Crippen molar-refractivity contribution < 1.29 is 24.6 Å². The maximum atomic E-state index is 11.2. The van der Waals surface area contributed by atoms with Crippen molar-refractivity contribution in [1.82, 2.24) is 5.32 Å². The molecule has 0 aromatic heterocycles. The predicted octanol–water partition coefficient (Wildman–Crippen LogP) is 1.05. The number of carbonyl (C=O) groups excluding carboxylic acids is 1. The van der Waals surface area contributed by atoms with Gasteiger partial charge >= 0.3 is 11.9 Å². The van der Waals surface area contributed by atoms with Crippen molar-refractivity contribution in [2.45, 2.75) is 31.7 Å². The van der Waals surface area contributed by atoms with Crippen LogP contribution in [0.15, 0.2) is 30.3 Å². The normalized spacial score (nSPS) is 10.8. The molecule has 0 atom stereocenters. The molecular formula is C14H17NO5. The molecule has 6 nitrogen and oxygen atoms in total. The summed E-state index contributed by atoms with van der Waals surface area (Å²) in [7, 11) is 0. The summed E-state index contributed by atoms with van der Waals surface area (Å²) in [5, 5.41) is 20.3. The van der Waals surface area contributed by atoms with Gasteiger partial charge in [-0.1, -0.05) is 30.3 Å². The number of carboxylic acids is 2. The predicted molar refractivity (Wildman–Crippen MR) is 71.2 cm³/mol. The largest absolute Gasteiger partial charge is 0.479 e. The van der Waals surface area contributed by atoms with Gasteiger partial charge in [-0.2, -0.15) is 0 Å². The van der Waals surface area contributed by atoms with Gasteiger partial charge in [-0.3, -0.25) is 4.79 Å². The summed E-state index contributed by atoms with van der Waals surface area (Å²) in [5.74, 6) is -3.81. The van der Waals surface area contributed by atoms with E-state index in [2.05, 4.69) is 0 Å². The van der Waals surface area contributed by atoms with Crippen LogP contribution in [0.4, 0.5) is 0 Å². The average molecular weight is 279 g/mol. The highest BCUT2D eigenvalue weighted by molar-refractivity contribution is 6.06. The fourth-order valence-electron chi connectivity index (χ4n) is 1.98. The number of aryl methyl sites for hydroxylation is 1. The first-order valence-electron chi connectivity index (χ1n) is 6.18. The zero-order valence-corrected chi connectivity index (χ0v) is 11.1. The highest BCUT2D eigenvalue weighted by Gasteiger charge is 2.46. The summed E-state index contributed by atoms with van der Waals surface area (Å²) in [5.41, 5.74) is -1.28. The molecule has 0 saturated heterocycles. The molecule has 0 heterocycles. The minimum Gasteiger partial charge on any atom is -0.479 e. The lowest BCUT2D eigenvalue weighted by Crippen LogP contribution is -2.59. The van der Waals surface area contributed by atoms with E-state index in [9.17, 15) is 14.4 Å². The molecule has 0 aliphatic heterocycles. The topological polar surface area (TPSA) is 104 Å². The van der Waals surface area contributed by atoms with E-state index in [1.165, 1.54) is 0 Å². The molecule has 1 aromatic rings. The fourth-order valence-corrected chi connectivity index (χ4v) is 1.98. The molecule has 6 heteroatoms. The first kappa shape index (κ1) is 15.7. The highest BCUT2D eigenvalue weighted by atomic mass is 16.4. The standard InChI is InChI=1S/C14H17NO5/c1-10(16)15-14(12(17)18,13(19)20)9-5-8-11-6-3-2-4-7-11/h2-4,6-7H,5,8-9H2,1H3,(H,15,16)(H,17,18)(H,19,20). The number of rotatable bonds is 7. The molecule has 0 radical (unpaired) electrons. The molecule has 0 aliphatic carbocycles. The van der Waals surface area contributed by atoms with E-state index in [1.807, 2.05) is 35.6 Å². The van der Waals surface area contributed by atoms with Crippen LogP contribution in [0.5, 0.6) is 0 Å². The molecule has 1 amide bonds. The van der Waals surface area contributed by atoms with Gasteiger partial charge in [0.2, 0.25) is 11.4 Å². The van der Waals surface area contributed by atoms with E-state index >= 15 is 0 Å². The number of nitrogens with one attached hydrogen (secondary N) is 1. The second-order valence-electron chi connectivity index (χ2n) is 4.54. The monoisotopic (exact) mass is 279 g/mol. The maximum absolute atomic E-state index is 11.2. The first-order chi connectivity index (χ1) is 9.38. The molecule has 0 spiro atoms. The van der Waals surface area contributed by atoms with Crippen LogP contribution in [0.25, 0.3) is 0 Å². The van der Waals surface area contributed by atoms with Crippen LogP contribution >= 0.6 is 0 Å². The van der Waals surface area contributed by atoms with Gasteiger partial charge in [-0.05, 0) is 24.8 Å². The van der Waals surface area contributed by atoms with Crippen molar-refractivity contribution in [3.05, 3.63) is 35.9 Å². The third-order valence-corrected chi connectivity index (χ3v) is 2.98. The number of aliphatic carboxylic acids is 2. The lowest BCUT2D eigenvalue weighted by atomic mass is 9.91. The molecule has 20 heavy (non-hydrogen) atoms. The molecular weight excluding hydrogens is 262 g/mol. The Morgan fingerprint density at radius 3 is 2.10 bits per heavy atom. The minimum atomic E-state index is -2.26. The third kappa shape index (κ3) is 3.81. The lowest BCUT2D eigenvalue weighted by molar-refractivity contribution is -0.161. The maximum Gasteiger partial charge on any atom is 0.341 e. The first-order valence-corrected chi connectivity index (χ1v) is 6.18. The van der Waals surface area contributed by atoms with Crippen molar-refractivity contribution >= 4 is 17.8 Å². The number of hydrogen-bond donors (Lipinski definition) is 3. The summed E-state index contributed by atoms with van der Waals surface area (Å²) in [6.07, 6.45) is 0.706. The van der Waals surface area contributed by atoms with Gasteiger partial charge in [0, 0.05) is 6.92 Å².